The van der Waals surface area contributed by atoms with Crippen molar-refractivity contribution in [3.05, 3.63) is 42.3 Å². The molecule has 0 bridgehead atoms. The van der Waals surface area contributed by atoms with E-state index in [9.17, 15) is 4.79 Å². The lowest BCUT2D eigenvalue weighted by Gasteiger charge is -2.26. The Labute approximate surface area is 129 Å². The number of benzene rings is 1. The molecular weight excluding hydrogens is 282 g/mol. The monoisotopic (exact) mass is 301 g/mol. The van der Waals surface area contributed by atoms with Gasteiger partial charge in [0.15, 0.2) is 0 Å². The maximum Gasteiger partial charge on any atom is 0.288 e. The summed E-state index contributed by atoms with van der Waals surface area (Å²) >= 11 is 0. The first kappa shape index (κ1) is 14.7. The number of oxazole rings is 1. The number of amides is 1. The van der Waals surface area contributed by atoms with E-state index in [-0.39, 0.29) is 11.7 Å². The maximum atomic E-state index is 12.0. The molecule has 1 N–H and O–H groups in total. The van der Waals surface area contributed by atoms with Crippen molar-refractivity contribution in [2.45, 2.75) is 0 Å². The molecular formula is C16H19N3O3. The molecule has 0 saturated carbocycles. The van der Waals surface area contributed by atoms with Gasteiger partial charge in [-0.15, -0.1) is 0 Å². The van der Waals surface area contributed by atoms with Gasteiger partial charge in [0, 0.05) is 31.7 Å². The Kier molecular flexibility index (Phi) is 4.82. The molecule has 0 aliphatic carbocycles. The zero-order chi connectivity index (χ0) is 15.2. The SMILES string of the molecule is O=C(NCCN1CCOCC1)c1cnc(-c2ccccc2)o1. The molecule has 1 fully saturated rings. The fourth-order valence-corrected chi connectivity index (χ4v) is 2.33. The van der Waals surface area contributed by atoms with Crippen LogP contribution >= 0.6 is 0 Å². The number of ether oxygens (including phenoxy) is 1. The molecule has 3 rings (SSSR count). The van der Waals surface area contributed by atoms with Crippen LogP contribution in [0.4, 0.5) is 0 Å². The molecule has 0 unspecified atom stereocenters. The summed E-state index contributed by atoms with van der Waals surface area (Å²) in [5.41, 5.74) is 0.856. The summed E-state index contributed by atoms with van der Waals surface area (Å²) in [5, 5.41) is 2.86. The largest absolute Gasteiger partial charge is 0.431 e. The third-order valence-corrected chi connectivity index (χ3v) is 3.57. The smallest absolute Gasteiger partial charge is 0.288 e. The predicted molar refractivity (Wildman–Crippen MR) is 81.5 cm³/mol. The summed E-state index contributed by atoms with van der Waals surface area (Å²) in [6, 6.07) is 9.52. The topological polar surface area (TPSA) is 67.6 Å². The Morgan fingerprint density at radius 1 is 1.23 bits per heavy atom. The molecule has 1 amide bonds. The number of carbonyl (C=O) groups is 1. The maximum absolute atomic E-state index is 12.0. The van der Waals surface area contributed by atoms with Gasteiger partial charge in [-0.2, -0.15) is 0 Å². The first-order valence-electron chi connectivity index (χ1n) is 7.42. The van der Waals surface area contributed by atoms with Crippen LogP contribution in [0.5, 0.6) is 0 Å². The van der Waals surface area contributed by atoms with Crippen molar-refractivity contribution in [2.75, 3.05) is 39.4 Å². The van der Waals surface area contributed by atoms with Gasteiger partial charge in [0.2, 0.25) is 11.7 Å². The van der Waals surface area contributed by atoms with Crippen molar-refractivity contribution < 1.29 is 13.9 Å². The number of rotatable bonds is 5. The van der Waals surface area contributed by atoms with Crippen LogP contribution < -0.4 is 5.32 Å². The number of nitrogens with zero attached hydrogens (tertiary/aromatic N) is 2. The lowest BCUT2D eigenvalue weighted by molar-refractivity contribution is 0.0382. The van der Waals surface area contributed by atoms with Crippen molar-refractivity contribution in [3.63, 3.8) is 0 Å². The Balaban J connectivity index is 1.51. The van der Waals surface area contributed by atoms with E-state index < -0.39 is 0 Å². The Morgan fingerprint density at radius 3 is 2.77 bits per heavy atom. The standard InChI is InChI=1S/C16H19N3O3/c20-15(17-6-7-19-8-10-21-11-9-19)14-12-18-16(22-14)13-4-2-1-3-5-13/h1-5,12H,6-11H2,(H,17,20). The molecule has 116 valence electrons. The van der Waals surface area contributed by atoms with Crippen LogP contribution in [0.3, 0.4) is 0 Å². The van der Waals surface area contributed by atoms with Crippen molar-refractivity contribution in [2.24, 2.45) is 0 Å². The van der Waals surface area contributed by atoms with Crippen LogP contribution in [-0.4, -0.2) is 55.2 Å². The number of hydrogen-bond acceptors (Lipinski definition) is 5. The van der Waals surface area contributed by atoms with Crippen molar-refractivity contribution in [3.8, 4) is 11.5 Å². The molecule has 6 heteroatoms. The summed E-state index contributed by atoms with van der Waals surface area (Å²) in [5.74, 6) is 0.461. The van der Waals surface area contributed by atoms with Gasteiger partial charge in [0.05, 0.1) is 19.4 Å². The fourth-order valence-electron chi connectivity index (χ4n) is 2.33. The molecule has 1 aliphatic heterocycles. The number of morpholine rings is 1. The summed E-state index contributed by atoms with van der Waals surface area (Å²) in [6.07, 6.45) is 1.46. The number of aromatic nitrogens is 1. The van der Waals surface area contributed by atoms with E-state index >= 15 is 0 Å². The minimum atomic E-state index is -0.233. The van der Waals surface area contributed by atoms with E-state index in [0.29, 0.717) is 12.4 Å². The molecule has 1 aromatic carbocycles. The quantitative estimate of drug-likeness (QED) is 0.904. The number of hydrogen-bond donors (Lipinski definition) is 1. The van der Waals surface area contributed by atoms with Crippen LogP contribution in [0, 0.1) is 0 Å². The molecule has 2 aromatic rings. The average molecular weight is 301 g/mol. The molecule has 0 spiro atoms. The van der Waals surface area contributed by atoms with Gasteiger partial charge in [-0.05, 0) is 12.1 Å². The highest BCUT2D eigenvalue weighted by atomic mass is 16.5. The molecule has 22 heavy (non-hydrogen) atoms. The van der Waals surface area contributed by atoms with Crippen LogP contribution in [0.1, 0.15) is 10.6 Å². The second-order valence-corrected chi connectivity index (χ2v) is 5.11. The second-order valence-electron chi connectivity index (χ2n) is 5.11. The highest BCUT2D eigenvalue weighted by Crippen LogP contribution is 2.18. The van der Waals surface area contributed by atoms with Crippen LogP contribution in [0.15, 0.2) is 40.9 Å². The first-order valence-corrected chi connectivity index (χ1v) is 7.42. The summed E-state index contributed by atoms with van der Waals surface area (Å²) in [6.45, 7) is 4.74. The van der Waals surface area contributed by atoms with Gasteiger partial charge >= 0.3 is 0 Å². The van der Waals surface area contributed by atoms with E-state index in [2.05, 4.69) is 15.2 Å². The Morgan fingerprint density at radius 2 is 2.00 bits per heavy atom. The van der Waals surface area contributed by atoms with Gasteiger partial charge in [0.25, 0.3) is 5.91 Å². The van der Waals surface area contributed by atoms with E-state index in [0.717, 1.165) is 38.4 Å². The Hall–Kier alpha value is -2.18. The molecule has 1 aromatic heterocycles. The fraction of sp³-hybridized carbons (Fsp3) is 0.375. The third-order valence-electron chi connectivity index (χ3n) is 3.57. The number of carbonyl (C=O) groups excluding carboxylic acids is 1. The molecule has 2 heterocycles. The van der Waals surface area contributed by atoms with E-state index in [1.807, 2.05) is 30.3 Å². The highest BCUT2D eigenvalue weighted by Gasteiger charge is 2.14. The van der Waals surface area contributed by atoms with E-state index in [4.69, 9.17) is 9.15 Å². The zero-order valence-corrected chi connectivity index (χ0v) is 12.3. The summed E-state index contributed by atoms with van der Waals surface area (Å²) in [7, 11) is 0. The lowest BCUT2D eigenvalue weighted by atomic mass is 10.2. The second kappa shape index (κ2) is 7.20. The normalized spacial score (nSPS) is 15.6. The minimum Gasteiger partial charge on any atom is -0.431 e. The van der Waals surface area contributed by atoms with Crippen molar-refractivity contribution >= 4 is 5.91 Å². The van der Waals surface area contributed by atoms with Gasteiger partial charge in [-0.1, -0.05) is 18.2 Å². The van der Waals surface area contributed by atoms with Crippen molar-refractivity contribution in [1.82, 2.24) is 15.2 Å². The van der Waals surface area contributed by atoms with E-state index in [1.54, 1.807) is 0 Å². The van der Waals surface area contributed by atoms with Crippen LogP contribution in [0.25, 0.3) is 11.5 Å². The highest BCUT2D eigenvalue weighted by molar-refractivity contribution is 5.91. The molecule has 1 saturated heterocycles. The summed E-state index contributed by atoms with van der Waals surface area (Å²) in [4.78, 5) is 18.5. The molecule has 1 aliphatic rings. The van der Waals surface area contributed by atoms with Gasteiger partial charge < -0.3 is 14.5 Å². The van der Waals surface area contributed by atoms with Gasteiger partial charge in [0.1, 0.15) is 0 Å². The predicted octanol–water partition coefficient (Wildman–Crippen LogP) is 1.40. The summed E-state index contributed by atoms with van der Waals surface area (Å²) < 4.78 is 10.8. The minimum absolute atomic E-state index is 0.233. The molecule has 0 radical (unpaired) electrons. The molecule has 0 atom stereocenters. The lowest BCUT2D eigenvalue weighted by Crippen LogP contribution is -2.41. The van der Waals surface area contributed by atoms with Crippen LogP contribution in [0.2, 0.25) is 0 Å². The molecule has 6 nitrogen and oxygen atoms in total. The first-order chi connectivity index (χ1) is 10.8. The van der Waals surface area contributed by atoms with Crippen LogP contribution in [-0.2, 0) is 4.74 Å². The van der Waals surface area contributed by atoms with Crippen molar-refractivity contribution in [1.29, 1.82) is 0 Å². The zero-order valence-electron chi connectivity index (χ0n) is 12.3. The third kappa shape index (κ3) is 3.72. The van der Waals surface area contributed by atoms with Gasteiger partial charge in [-0.3, -0.25) is 9.69 Å². The Bertz CT molecular complexity index is 606. The number of nitrogens with one attached hydrogen (secondary N) is 1. The average Bonchev–Trinajstić information content (AvgIpc) is 3.07. The van der Waals surface area contributed by atoms with E-state index in [1.165, 1.54) is 6.20 Å². The van der Waals surface area contributed by atoms with Gasteiger partial charge in [-0.25, -0.2) is 4.98 Å².